The maximum Gasteiger partial charge on any atom is 0.311 e. The molecule has 0 bridgehead atoms. The molecule has 2 atom stereocenters. The minimum Gasteiger partial charge on any atom is -0.481 e. The van der Waals surface area contributed by atoms with Crippen LogP contribution < -0.4 is 5.32 Å². The van der Waals surface area contributed by atoms with Crippen molar-refractivity contribution in [3.05, 3.63) is 23.7 Å². The topological polar surface area (TPSA) is 79.5 Å². The molecule has 2 rings (SSSR count). The van der Waals surface area contributed by atoms with Crippen molar-refractivity contribution in [2.24, 2.45) is 5.41 Å². The summed E-state index contributed by atoms with van der Waals surface area (Å²) in [6, 6.07) is 2.97. The van der Waals surface area contributed by atoms with Gasteiger partial charge in [0.15, 0.2) is 5.76 Å². The van der Waals surface area contributed by atoms with Crippen LogP contribution in [0.2, 0.25) is 0 Å². The predicted octanol–water partition coefficient (Wildman–Crippen LogP) is 2.35. The van der Waals surface area contributed by atoms with Crippen LogP contribution in [0.25, 0.3) is 0 Å². The van der Waals surface area contributed by atoms with Gasteiger partial charge in [-0.15, -0.1) is 0 Å². The number of carboxylic acid groups (broad SMARTS) is 1. The smallest absolute Gasteiger partial charge is 0.311 e. The third-order valence-corrected chi connectivity index (χ3v) is 3.97. The molecule has 1 aromatic rings. The van der Waals surface area contributed by atoms with Gasteiger partial charge < -0.3 is 14.8 Å². The second-order valence-electron chi connectivity index (χ2n) is 5.40. The maximum atomic E-state index is 12.0. The van der Waals surface area contributed by atoms with E-state index in [0.717, 1.165) is 12.8 Å². The average molecular weight is 265 g/mol. The van der Waals surface area contributed by atoms with Crippen molar-refractivity contribution in [3.8, 4) is 0 Å². The fourth-order valence-electron chi connectivity index (χ4n) is 2.61. The van der Waals surface area contributed by atoms with E-state index < -0.39 is 11.4 Å². The summed E-state index contributed by atoms with van der Waals surface area (Å²) in [5, 5.41) is 12.2. The summed E-state index contributed by atoms with van der Waals surface area (Å²) in [5.74, 6) is -0.300. The molecular formula is C14H19NO4. The molecule has 5 heteroatoms. The number of carbonyl (C=O) groups is 2. The molecule has 2 N–H and O–H groups in total. The molecule has 1 aliphatic carbocycles. The summed E-state index contributed by atoms with van der Waals surface area (Å²) < 4.78 is 5.26. The lowest BCUT2D eigenvalue weighted by molar-refractivity contribution is -0.151. The lowest BCUT2D eigenvalue weighted by atomic mass is 9.71. The fraction of sp³-hybridized carbons (Fsp3) is 0.571. The summed E-state index contributed by atoms with van der Waals surface area (Å²) in [4.78, 5) is 23.5. The fourth-order valence-corrected chi connectivity index (χ4v) is 2.61. The Morgan fingerprint density at radius 2 is 2.16 bits per heavy atom. The van der Waals surface area contributed by atoms with Crippen LogP contribution in [0, 0.1) is 12.3 Å². The first-order valence-corrected chi connectivity index (χ1v) is 6.54. The van der Waals surface area contributed by atoms with Crippen LogP contribution in [0.5, 0.6) is 0 Å². The Morgan fingerprint density at radius 1 is 1.42 bits per heavy atom. The molecular weight excluding hydrogens is 246 g/mol. The first-order chi connectivity index (χ1) is 8.93. The first kappa shape index (κ1) is 13.6. The minimum atomic E-state index is -0.893. The number of carbonyl (C=O) groups excluding carboxylic acids is 1. The second-order valence-corrected chi connectivity index (χ2v) is 5.40. The number of nitrogens with one attached hydrogen (secondary N) is 1. The number of amides is 1. The number of aliphatic carboxylic acids is 1. The molecule has 0 spiro atoms. The number of rotatable bonds is 3. The Morgan fingerprint density at radius 3 is 2.74 bits per heavy atom. The molecule has 104 valence electrons. The predicted molar refractivity (Wildman–Crippen MR) is 68.9 cm³/mol. The third kappa shape index (κ3) is 2.64. The molecule has 0 aromatic carbocycles. The Balaban J connectivity index is 2.12. The van der Waals surface area contributed by atoms with Gasteiger partial charge in [0.05, 0.1) is 5.41 Å². The highest BCUT2D eigenvalue weighted by Gasteiger charge is 2.44. The second kappa shape index (κ2) is 5.07. The van der Waals surface area contributed by atoms with Crippen LogP contribution in [0.15, 0.2) is 16.5 Å². The summed E-state index contributed by atoms with van der Waals surface area (Å²) in [6.45, 7) is 3.46. The summed E-state index contributed by atoms with van der Waals surface area (Å²) in [6.07, 6.45) is 3.10. The highest BCUT2D eigenvalue weighted by Crippen LogP contribution is 2.36. The van der Waals surface area contributed by atoms with Crippen LogP contribution in [0.1, 0.15) is 48.9 Å². The van der Waals surface area contributed by atoms with Crippen molar-refractivity contribution in [2.45, 2.75) is 45.6 Å². The largest absolute Gasteiger partial charge is 0.481 e. The normalized spacial score (nSPS) is 26.9. The van der Waals surface area contributed by atoms with Gasteiger partial charge in [-0.1, -0.05) is 12.8 Å². The lowest BCUT2D eigenvalue weighted by Gasteiger charge is -2.38. The monoisotopic (exact) mass is 265 g/mol. The van der Waals surface area contributed by atoms with E-state index in [2.05, 4.69) is 5.32 Å². The van der Waals surface area contributed by atoms with Crippen molar-refractivity contribution < 1.29 is 19.1 Å². The molecule has 1 aromatic heterocycles. The maximum absolute atomic E-state index is 12.0. The summed E-state index contributed by atoms with van der Waals surface area (Å²) >= 11 is 0. The Labute approximate surface area is 112 Å². The zero-order valence-electron chi connectivity index (χ0n) is 11.2. The summed E-state index contributed by atoms with van der Waals surface area (Å²) in [7, 11) is 0. The van der Waals surface area contributed by atoms with Crippen molar-refractivity contribution >= 4 is 11.9 Å². The van der Waals surface area contributed by atoms with Gasteiger partial charge in [-0.05, 0) is 38.8 Å². The van der Waals surface area contributed by atoms with Gasteiger partial charge in [0.2, 0.25) is 0 Å². The molecule has 1 heterocycles. The molecule has 1 saturated carbocycles. The van der Waals surface area contributed by atoms with E-state index in [0.29, 0.717) is 18.6 Å². The van der Waals surface area contributed by atoms with Crippen molar-refractivity contribution in [1.29, 1.82) is 0 Å². The van der Waals surface area contributed by atoms with E-state index in [-0.39, 0.29) is 17.7 Å². The van der Waals surface area contributed by atoms with E-state index in [1.54, 1.807) is 26.0 Å². The van der Waals surface area contributed by atoms with E-state index in [1.807, 2.05) is 0 Å². The van der Waals surface area contributed by atoms with Crippen LogP contribution in [-0.2, 0) is 4.79 Å². The Bertz CT molecular complexity index is 493. The van der Waals surface area contributed by atoms with E-state index in [9.17, 15) is 14.7 Å². The van der Waals surface area contributed by atoms with E-state index in [4.69, 9.17) is 4.42 Å². The molecule has 1 amide bonds. The quantitative estimate of drug-likeness (QED) is 0.879. The lowest BCUT2D eigenvalue weighted by Crippen LogP contribution is -2.52. The Hall–Kier alpha value is -1.78. The standard InChI is InChI=1S/C14H19NO4/c1-9-6-7-10(19-9)12(16)15-11-5-3-4-8-14(11,2)13(17)18/h6-7,11H,3-5,8H2,1-2H3,(H,15,16)(H,17,18). The van der Waals surface area contributed by atoms with E-state index in [1.165, 1.54) is 0 Å². The molecule has 1 fully saturated rings. The first-order valence-electron chi connectivity index (χ1n) is 6.54. The Kier molecular flexibility index (Phi) is 3.64. The molecule has 0 saturated heterocycles. The zero-order valence-corrected chi connectivity index (χ0v) is 11.2. The molecule has 2 unspecified atom stereocenters. The van der Waals surface area contributed by atoms with Gasteiger partial charge in [0, 0.05) is 6.04 Å². The van der Waals surface area contributed by atoms with E-state index >= 15 is 0 Å². The number of carboxylic acids is 1. The number of hydrogen-bond donors (Lipinski definition) is 2. The number of furan rings is 1. The molecule has 0 radical (unpaired) electrons. The highest BCUT2D eigenvalue weighted by atomic mass is 16.4. The molecule has 5 nitrogen and oxygen atoms in total. The van der Waals surface area contributed by atoms with Crippen LogP contribution in [-0.4, -0.2) is 23.0 Å². The van der Waals surface area contributed by atoms with Crippen molar-refractivity contribution in [1.82, 2.24) is 5.32 Å². The van der Waals surface area contributed by atoms with Gasteiger partial charge in [-0.2, -0.15) is 0 Å². The van der Waals surface area contributed by atoms with Crippen LogP contribution in [0.4, 0.5) is 0 Å². The van der Waals surface area contributed by atoms with Gasteiger partial charge in [-0.3, -0.25) is 9.59 Å². The number of hydrogen-bond acceptors (Lipinski definition) is 3. The van der Waals surface area contributed by atoms with Gasteiger partial charge in [0.1, 0.15) is 5.76 Å². The minimum absolute atomic E-state index is 0.232. The van der Waals surface area contributed by atoms with Crippen LogP contribution >= 0.6 is 0 Å². The van der Waals surface area contributed by atoms with Gasteiger partial charge >= 0.3 is 5.97 Å². The summed E-state index contributed by atoms with van der Waals surface area (Å²) in [5.41, 5.74) is -0.893. The molecule has 1 aliphatic rings. The SMILES string of the molecule is Cc1ccc(C(=O)NC2CCCCC2(C)C(=O)O)o1. The van der Waals surface area contributed by atoms with Crippen molar-refractivity contribution in [3.63, 3.8) is 0 Å². The van der Waals surface area contributed by atoms with Crippen LogP contribution in [0.3, 0.4) is 0 Å². The van der Waals surface area contributed by atoms with Crippen molar-refractivity contribution in [2.75, 3.05) is 0 Å². The highest BCUT2D eigenvalue weighted by molar-refractivity contribution is 5.92. The third-order valence-electron chi connectivity index (χ3n) is 3.97. The average Bonchev–Trinajstić information content (AvgIpc) is 2.79. The van der Waals surface area contributed by atoms with Gasteiger partial charge in [0.25, 0.3) is 5.91 Å². The zero-order chi connectivity index (χ0) is 14.0. The number of aryl methyl sites for hydroxylation is 1. The molecule has 19 heavy (non-hydrogen) atoms. The molecule has 0 aliphatic heterocycles. The van der Waals surface area contributed by atoms with Gasteiger partial charge in [-0.25, -0.2) is 0 Å².